The summed E-state index contributed by atoms with van der Waals surface area (Å²) in [5, 5.41) is 4.49. The van der Waals surface area contributed by atoms with Crippen LogP contribution in [0.1, 0.15) is 22.3 Å². The molecule has 0 fully saturated rings. The van der Waals surface area contributed by atoms with E-state index in [4.69, 9.17) is 19.4 Å². The molecule has 10 aromatic carbocycles. The zero-order valence-corrected chi connectivity index (χ0v) is 37.8. The molecule has 0 unspecified atom stereocenters. The van der Waals surface area contributed by atoms with E-state index in [-0.39, 0.29) is 0 Å². The maximum absolute atomic E-state index is 6.58. The fourth-order valence-corrected chi connectivity index (χ4v) is 12.8. The molecule has 0 bridgehead atoms. The summed E-state index contributed by atoms with van der Waals surface area (Å²) in [5.41, 5.74) is 19.2. The molecule has 0 atom stereocenters. The first-order valence-electron chi connectivity index (χ1n) is 23.4. The molecule has 0 radical (unpaired) electrons. The molecule has 2 aliphatic carbocycles. The van der Waals surface area contributed by atoms with Crippen molar-refractivity contribution in [1.29, 1.82) is 0 Å². The van der Waals surface area contributed by atoms with Crippen LogP contribution in [0.25, 0.3) is 121 Å². The van der Waals surface area contributed by atoms with Gasteiger partial charge in [0, 0.05) is 47.6 Å². The maximum atomic E-state index is 6.58. The summed E-state index contributed by atoms with van der Waals surface area (Å²) in [7, 11) is 0. The lowest BCUT2D eigenvalue weighted by molar-refractivity contribution is 0.669. The molecule has 4 nitrogen and oxygen atoms in total. The molecular weight excluding hydrogens is 859 g/mol. The lowest BCUT2D eigenvalue weighted by atomic mass is 9.68. The van der Waals surface area contributed by atoms with Gasteiger partial charge >= 0.3 is 0 Å². The molecule has 0 amide bonds. The van der Waals surface area contributed by atoms with Crippen molar-refractivity contribution in [2.45, 2.75) is 5.41 Å². The van der Waals surface area contributed by atoms with E-state index in [1.165, 1.54) is 75.8 Å². The molecule has 0 N–H and O–H groups in total. The van der Waals surface area contributed by atoms with Crippen LogP contribution in [-0.4, -0.2) is 15.0 Å². The fraction of sp³-hybridized carbons (Fsp3) is 0.0156. The highest BCUT2D eigenvalue weighted by Crippen LogP contribution is 2.64. The second kappa shape index (κ2) is 14.6. The van der Waals surface area contributed by atoms with Crippen LogP contribution in [0.5, 0.6) is 0 Å². The van der Waals surface area contributed by atoms with Crippen molar-refractivity contribution in [3.63, 3.8) is 0 Å². The highest BCUT2D eigenvalue weighted by atomic mass is 32.1. The Labute approximate surface area is 401 Å². The van der Waals surface area contributed by atoms with E-state index in [0.29, 0.717) is 17.5 Å². The molecule has 3 aromatic heterocycles. The SMILES string of the molecule is c1ccc(-c2nc(-c3ccc4c(c3)sc3ccccc34)nc(-c3cccc4oc5ccc(-c6ccc(-c7cccc8c7C7(c9ccccc9-c9ccccc97)c7ccccc7-8)cc6)cc5c34)n2)cc1. The van der Waals surface area contributed by atoms with E-state index < -0.39 is 5.41 Å². The first-order valence-corrected chi connectivity index (χ1v) is 24.2. The number of benzene rings is 10. The highest BCUT2D eigenvalue weighted by molar-refractivity contribution is 7.25. The standard InChI is InChI=1S/C64H37N3OS/c1-2-14-40(15-3-1)61-65-62(42-32-34-48-47-19-7-11-27-57(47)69-58(48)37-42)67-63(66-61)50-22-13-26-56-59(50)51-36-41(33-35-55(51)68-56)38-28-30-39(31-29-38)43-20-12-21-49-46-18-6-10-25-54(46)64(60(43)49)52-23-8-4-16-44(52)45-17-5-9-24-53(45)64/h1-37H. The van der Waals surface area contributed by atoms with E-state index in [1.807, 2.05) is 30.3 Å². The molecular formula is C64H37N3OS. The Morgan fingerprint density at radius 2 is 0.870 bits per heavy atom. The van der Waals surface area contributed by atoms with Crippen molar-refractivity contribution in [2.75, 3.05) is 0 Å². The van der Waals surface area contributed by atoms with Crippen molar-refractivity contribution in [2.24, 2.45) is 0 Å². The number of rotatable bonds is 5. The van der Waals surface area contributed by atoms with Crippen LogP contribution in [0.4, 0.5) is 0 Å². The molecule has 69 heavy (non-hydrogen) atoms. The average Bonchev–Trinajstić information content (AvgIpc) is 4.16. The fourth-order valence-electron chi connectivity index (χ4n) is 11.6. The number of furan rings is 1. The van der Waals surface area contributed by atoms with Gasteiger partial charge in [-0.25, -0.2) is 15.0 Å². The third kappa shape index (κ3) is 5.53. The first kappa shape index (κ1) is 38.3. The molecule has 5 heteroatoms. The Morgan fingerprint density at radius 1 is 0.319 bits per heavy atom. The van der Waals surface area contributed by atoms with Gasteiger partial charge in [-0.05, 0) is 97.1 Å². The maximum Gasteiger partial charge on any atom is 0.164 e. The molecule has 0 saturated carbocycles. The number of thiophene rings is 1. The molecule has 0 aliphatic heterocycles. The van der Waals surface area contributed by atoms with Crippen molar-refractivity contribution >= 4 is 53.4 Å². The second-order valence-electron chi connectivity index (χ2n) is 18.2. The van der Waals surface area contributed by atoms with Gasteiger partial charge in [0.25, 0.3) is 0 Å². The van der Waals surface area contributed by atoms with E-state index >= 15 is 0 Å². The van der Waals surface area contributed by atoms with Crippen LogP contribution in [0, 0.1) is 0 Å². The number of hydrogen-bond acceptors (Lipinski definition) is 5. The van der Waals surface area contributed by atoms with Crippen molar-refractivity contribution in [3.8, 4) is 78.7 Å². The summed E-state index contributed by atoms with van der Waals surface area (Å²) in [6, 6.07) is 81.0. The van der Waals surface area contributed by atoms with Crippen LogP contribution in [0.15, 0.2) is 229 Å². The predicted octanol–water partition coefficient (Wildman–Crippen LogP) is 16.8. The summed E-state index contributed by atoms with van der Waals surface area (Å²) in [5.74, 6) is 1.85. The summed E-state index contributed by atoms with van der Waals surface area (Å²) in [6.45, 7) is 0. The molecule has 15 rings (SSSR count). The van der Waals surface area contributed by atoms with E-state index in [1.54, 1.807) is 11.3 Å². The zero-order valence-electron chi connectivity index (χ0n) is 37.0. The minimum atomic E-state index is -0.423. The average molecular weight is 896 g/mol. The van der Waals surface area contributed by atoms with Crippen LogP contribution < -0.4 is 0 Å². The second-order valence-corrected chi connectivity index (χ2v) is 19.2. The van der Waals surface area contributed by atoms with Crippen LogP contribution >= 0.6 is 11.3 Å². The van der Waals surface area contributed by atoms with Gasteiger partial charge in [-0.1, -0.05) is 194 Å². The summed E-state index contributed by atoms with van der Waals surface area (Å²) in [4.78, 5) is 15.5. The van der Waals surface area contributed by atoms with E-state index in [2.05, 4.69) is 194 Å². The largest absolute Gasteiger partial charge is 0.456 e. The Kier molecular flexibility index (Phi) is 8.12. The quantitative estimate of drug-likeness (QED) is 0.173. The summed E-state index contributed by atoms with van der Waals surface area (Å²) in [6.07, 6.45) is 0. The lowest BCUT2D eigenvalue weighted by Gasteiger charge is -2.32. The van der Waals surface area contributed by atoms with Gasteiger partial charge in [-0.2, -0.15) is 0 Å². The van der Waals surface area contributed by atoms with Crippen LogP contribution in [-0.2, 0) is 5.41 Å². The Morgan fingerprint density at radius 3 is 1.64 bits per heavy atom. The van der Waals surface area contributed by atoms with Gasteiger partial charge in [0.2, 0.25) is 0 Å². The first-order chi connectivity index (χ1) is 34.2. The highest BCUT2D eigenvalue weighted by Gasteiger charge is 2.52. The zero-order chi connectivity index (χ0) is 45.2. The Balaban J connectivity index is 0.856. The summed E-state index contributed by atoms with van der Waals surface area (Å²) < 4.78 is 9.05. The van der Waals surface area contributed by atoms with Gasteiger partial charge in [-0.15, -0.1) is 11.3 Å². The number of nitrogens with zero attached hydrogens (tertiary/aromatic N) is 3. The number of hydrogen-bond donors (Lipinski definition) is 0. The van der Waals surface area contributed by atoms with Crippen molar-refractivity contribution in [3.05, 3.63) is 247 Å². The Bertz CT molecular complexity index is 4200. The van der Waals surface area contributed by atoms with E-state index in [0.717, 1.165) is 49.8 Å². The van der Waals surface area contributed by atoms with Crippen LogP contribution in [0.2, 0.25) is 0 Å². The topological polar surface area (TPSA) is 51.8 Å². The van der Waals surface area contributed by atoms with E-state index in [9.17, 15) is 0 Å². The minimum absolute atomic E-state index is 0.423. The van der Waals surface area contributed by atoms with Gasteiger partial charge in [0.05, 0.1) is 5.41 Å². The minimum Gasteiger partial charge on any atom is -0.456 e. The smallest absolute Gasteiger partial charge is 0.164 e. The number of aromatic nitrogens is 3. The number of fused-ring (bicyclic) bond motifs is 16. The molecule has 0 saturated heterocycles. The monoisotopic (exact) mass is 895 g/mol. The van der Waals surface area contributed by atoms with Crippen LogP contribution in [0.3, 0.4) is 0 Å². The van der Waals surface area contributed by atoms with Gasteiger partial charge in [0.1, 0.15) is 11.2 Å². The molecule has 13 aromatic rings. The van der Waals surface area contributed by atoms with Gasteiger partial charge < -0.3 is 4.42 Å². The molecule has 2 aliphatic rings. The summed E-state index contributed by atoms with van der Waals surface area (Å²) >= 11 is 1.79. The Hall–Kier alpha value is -8.77. The molecule has 3 heterocycles. The van der Waals surface area contributed by atoms with Gasteiger partial charge in [0.15, 0.2) is 17.5 Å². The van der Waals surface area contributed by atoms with Gasteiger partial charge in [-0.3, -0.25) is 0 Å². The predicted molar refractivity (Wildman–Crippen MR) is 283 cm³/mol. The molecule has 1 spiro atoms. The normalized spacial score (nSPS) is 13.0. The van der Waals surface area contributed by atoms with Crippen molar-refractivity contribution in [1.82, 2.24) is 15.0 Å². The molecule has 320 valence electrons. The third-order valence-electron chi connectivity index (χ3n) is 14.6. The third-order valence-corrected chi connectivity index (χ3v) is 15.7. The lowest BCUT2D eigenvalue weighted by Crippen LogP contribution is -2.26. The van der Waals surface area contributed by atoms with Crippen molar-refractivity contribution < 1.29 is 4.42 Å².